The highest BCUT2D eigenvalue weighted by molar-refractivity contribution is 5.94. The fourth-order valence-electron chi connectivity index (χ4n) is 4.50. The minimum atomic E-state index is -4.51. The molecule has 0 saturated carbocycles. The third kappa shape index (κ3) is 5.80. The molecule has 4 aromatic rings. The molecule has 0 bridgehead atoms. The summed E-state index contributed by atoms with van der Waals surface area (Å²) in [6.07, 6.45) is -3.00. The van der Waals surface area contributed by atoms with E-state index in [1.165, 1.54) is 17.0 Å². The summed E-state index contributed by atoms with van der Waals surface area (Å²) in [7, 11) is 0. The van der Waals surface area contributed by atoms with Gasteiger partial charge in [0.05, 0.1) is 5.56 Å². The van der Waals surface area contributed by atoms with Crippen molar-refractivity contribution >= 4 is 17.5 Å². The highest BCUT2D eigenvalue weighted by Crippen LogP contribution is 2.32. The van der Waals surface area contributed by atoms with Gasteiger partial charge in [-0.05, 0) is 60.5 Å². The van der Waals surface area contributed by atoms with Gasteiger partial charge in [0.2, 0.25) is 5.91 Å². The Bertz CT molecular complexity index is 1440. The molecular formula is C30H25F3N2O3. The van der Waals surface area contributed by atoms with Gasteiger partial charge in [-0.15, -0.1) is 0 Å². The zero-order chi connectivity index (χ0) is 26.7. The van der Waals surface area contributed by atoms with Crippen LogP contribution in [0.15, 0.2) is 89.3 Å². The average molecular weight is 519 g/mol. The summed E-state index contributed by atoms with van der Waals surface area (Å²) in [6.45, 7) is 0.604. The molecule has 0 spiro atoms. The summed E-state index contributed by atoms with van der Waals surface area (Å²) >= 11 is 0. The van der Waals surface area contributed by atoms with Gasteiger partial charge in [0.1, 0.15) is 11.5 Å². The molecule has 2 amide bonds. The molecule has 1 aromatic heterocycles. The first kappa shape index (κ1) is 25.3. The molecule has 5 rings (SSSR count). The van der Waals surface area contributed by atoms with Crippen LogP contribution in [0.3, 0.4) is 0 Å². The maximum Gasteiger partial charge on any atom is 0.416 e. The van der Waals surface area contributed by atoms with E-state index in [0.717, 1.165) is 34.6 Å². The Kier molecular flexibility index (Phi) is 7.05. The van der Waals surface area contributed by atoms with Crippen molar-refractivity contribution in [2.24, 2.45) is 0 Å². The van der Waals surface area contributed by atoms with Crippen LogP contribution in [0.4, 0.5) is 18.9 Å². The Morgan fingerprint density at radius 2 is 1.68 bits per heavy atom. The number of anilines is 1. The fraction of sp³-hybridized carbons (Fsp3) is 0.200. The molecule has 0 unspecified atom stereocenters. The van der Waals surface area contributed by atoms with Crippen LogP contribution in [-0.4, -0.2) is 23.3 Å². The van der Waals surface area contributed by atoms with Crippen molar-refractivity contribution in [1.29, 1.82) is 0 Å². The maximum absolute atomic E-state index is 13.1. The molecule has 0 atom stereocenters. The van der Waals surface area contributed by atoms with E-state index in [9.17, 15) is 22.8 Å². The lowest BCUT2D eigenvalue weighted by atomic mass is 10.0. The van der Waals surface area contributed by atoms with Crippen molar-refractivity contribution in [3.8, 4) is 11.3 Å². The molecule has 0 radical (unpaired) electrons. The van der Waals surface area contributed by atoms with Gasteiger partial charge in [-0.2, -0.15) is 13.2 Å². The van der Waals surface area contributed by atoms with E-state index < -0.39 is 17.6 Å². The molecule has 1 aliphatic heterocycles. The lowest BCUT2D eigenvalue weighted by molar-refractivity contribution is -0.137. The van der Waals surface area contributed by atoms with E-state index in [2.05, 4.69) is 5.32 Å². The molecule has 1 aliphatic rings. The summed E-state index contributed by atoms with van der Waals surface area (Å²) in [6, 6.07) is 23.5. The molecule has 1 N–H and O–H groups in total. The Morgan fingerprint density at radius 1 is 0.921 bits per heavy atom. The van der Waals surface area contributed by atoms with Crippen LogP contribution in [0.25, 0.3) is 11.3 Å². The highest BCUT2D eigenvalue weighted by Gasteiger charge is 2.32. The first-order valence-electron chi connectivity index (χ1n) is 12.3. The van der Waals surface area contributed by atoms with E-state index in [0.29, 0.717) is 37.3 Å². The number of nitrogens with one attached hydrogen (secondary N) is 1. The summed E-state index contributed by atoms with van der Waals surface area (Å²) in [5.41, 5.74) is 2.59. The van der Waals surface area contributed by atoms with Crippen molar-refractivity contribution in [2.75, 3.05) is 11.9 Å². The van der Waals surface area contributed by atoms with Crippen LogP contribution in [0.2, 0.25) is 0 Å². The second-order valence-electron chi connectivity index (χ2n) is 9.23. The number of rotatable bonds is 6. The number of hydrogen-bond acceptors (Lipinski definition) is 3. The second-order valence-corrected chi connectivity index (χ2v) is 9.23. The smallest absolute Gasteiger partial charge is 0.416 e. The van der Waals surface area contributed by atoms with Crippen LogP contribution in [0, 0.1) is 0 Å². The summed E-state index contributed by atoms with van der Waals surface area (Å²) in [4.78, 5) is 26.8. The largest absolute Gasteiger partial charge is 0.461 e. The molecule has 5 nitrogen and oxygen atoms in total. The molecule has 0 saturated heterocycles. The van der Waals surface area contributed by atoms with E-state index in [1.54, 1.807) is 12.1 Å². The molecule has 0 fully saturated rings. The number of fused-ring (bicyclic) bond motifs is 1. The number of alkyl halides is 3. The van der Waals surface area contributed by atoms with Crippen LogP contribution < -0.4 is 5.32 Å². The Hall–Kier alpha value is -4.33. The third-order valence-corrected chi connectivity index (χ3v) is 6.53. The number of aryl methyl sites for hydroxylation is 1. The van der Waals surface area contributed by atoms with E-state index >= 15 is 0 Å². The number of carbonyl (C=O) groups excluding carboxylic acids is 2. The van der Waals surface area contributed by atoms with Gasteiger partial charge in [-0.3, -0.25) is 9.59 Å². The number of nitrogens with zero attached hydrogens (tertiary/aromatic N) is 1. The predicted octanol–water partition coefficient (Wildman–Crippen LogP) is 6.74. The van der Waals surface area contributed by atoms with E-state index in [1.807, 2.05) is 48.5 Å². The van der Waals surface area contributed by atoms with Gasteiger partial charge in [-0.25, -0.2) is 0 Å². The minimum absolute atomic E-state index is 0.00778. The van der Waals surface area contributed by atoms with Gasteiger partial charge in [0.15, 0.2) is 0 Å². The normalized spacial score (nSPS) is 13.2. The Labute approximate surface area is 217 Å². The van der Waals surface area contributed by atoms with Crippen molar-refractivity contribution in [1.82, 2.24) is 4.90 Å². The van der Waals surface area contributed by atoms with Crippen molar-refractivity contribution in [3.63, 3.8) is 0 Å². The topological polar surface area (TPSA) is 62.6 Å². The number of benzene rings is 3. The predicted molar refractivity (Wildman–Crippen MR) is 137 cm³/mol. The maximum atomic E-state index is 13.1. The van der Waals surface area contributed by atoms with Crippen LogP contribution >= 0.6 is 0 Å². The SMILES string of the molecule is O=C(CCc1ccccc1)Nc1ccc(-c2cc3c(o2)CCN(C(=O)c2cccc(C(F)(F)F)c2)C3)cc1. The van der Waals surface area contributed by atoms with Gasteiger partial charge in [0.25, 0.3) is 5.91 Å². The van der Waals surface area contributed by atoms with E-state index in [4.69, 9.17) is 4.42 Å². The van der Waals surface area contributed by atoms with E-state index in [-0.39, 0.29) is 18.0 Å². The molecule has 38 heavy (non-hydrogen) atoms. The first-order chi connectivity index (χ1) is 18.3. The number of halogens is 3. The molecule has 0 aliphatic carbocycles. The van der Waals surface area contributed by atoms with Gasteiger partial charge in [0, 0.05) is 48.3 Å². The van der Waals surface area contributed by atoms with Crippen molar-refractivity contribution < 1.29 is 27.2 Å². The minimum Gasteiger partial charge on any atom is -0.461 e. The first-order valence-corrected chi connectivity index (χ1v) is 12.3. The van der Waals surface area contributed by atoms with Crippen LogP contribution in [0.1, 0.15) is 39.2 Å². The van der Waals surface area contributed by atoms with Gasteiger partial charge < -0.3 is 14.6 Å². The van der Waals surface area contributed by atoms with Crippen LogP contribution in [0.5, 0.6) is 0 Å². The molecule has 3 aromatic carbocycles. The average Bonchev–Trinajstić information content (AvgIpc) is 3.36. The Balaban J connectivity index is 1.21. The monoisotopic (exact) mass is 518 g/mol. The number of carbonyl (C=O) groups is 2. The number of hydrogen-bond donors (Lipinski definition) is 1. The summed E-state index contributed by atoms with van der Waals surface area (Å²) in [5, 5.41) is 2.90. The molecular weight excluding hydrogens is 493 g/mol. The Morgan fingerprint density at radius 3 is 2.42 bits per heavy atom. The molecule has 2 heterocycles. The van der Waals surface area contributed by atoms with Gasteiger partial charge >= 0.3 is 6.18 Å². The lowest BCUT2D eigenvalue weighted by Gasteiger charge is -2.26. The molecule has 8 heteroatoms. The zero-order valence-corrected chi connectivity index (χ0v) is 20.4. The summed E-state index contributed by atoms with van der Waals surface area (Å²) in [5.74, 6) is 0.870. The quantitative estimate of drug-likeness (QED) is 0.308. The van der Waals surface area contributed by atoms with Crippen molar-refractivity contribution in [3.05, 3.63) is 113 Å². The second kappa shape index (κ2) is 10.6. The highest BCUT2D eigenvalue weighted by atomic mass is 19.4. The number of furan rings is 1. The van der Waals surface area contributed by atoms with Crippen molar-refractivity contribution in [2.45, 2.75) is 32.0 Å². The third-order valence-electron chi connectivity index (χ3n) is 6.53. The molecule has 194 valence electrons. The van der Waals surface area contributed by atoms with Crippen LogP contribution in [-0.2, 0) is 30.4 Å². The summed E-state index contributed by atoms with van der Waals surface area (Å²) < 4.78 is 45.2. The fourth-order valence-corrected chi connectivity index (χ4v) is 4.50. The number of amides is 2. The standard InChI is InChI=1S/C30H25F3N2O3/c31-30(32,33)24-8-4-7-22(17-24)29(37)35-16-15-26-23(19-35)18-27(38-26)21-10-12-25(13-11-21)34-28(36)14-9-20-5-2-1-3-6-20/h1-8,10-13,17-18H,9,14-16,19H2,(H,34,36). The lowest BCUT2D eigenvalue weighted by Crippen LogP contribution is -2.35. The van der Waals surface area contributed by atoms with Gasteiger partial charge in [-0.1, -0.05) is 36.4 Å². The zero-order valence-electron chi connectivity index (χ0n) is 20.4.